The Morgan fingerprint density at radius 1 is 1.12 bits per heavy atom. The highest BCUT2D eigenvalue weighted by Gasteiger charge is 2.17. The van der Waals surface area contributed by atoms with Crippen molar-refractivity contribution in [1.29, 1.82) is 0 Å². The van der Waals surface area contributed by atoms with Gasteiger partial charge in [-0.05, 0) is 37.8 Å². The first-order valence-electron chi connectivity index (χ1n) is 5.88. The van der Waals surface area contributed by atoms with Crippen LogP contribution in [0.15, 0.2) is 29.1 Å². The van der Waals surface area contributed by atoms with Crippen LogP contribution in [0, 0.1) is 0 Å². The van der Waals surface area contributed by atoms with Crippen LogP contribution in [-0.4, -0.2) is 4.57 Å². The van der Waals surface area contributed by atoms with E-state index in [4.69, 9.17) is 0 Å². The van der Waals surface area contributed by atoms with E-state index >= 15 is 0 Å². The van der Waals surface area contributed by atoms with Crippen molar-refractivity contribution < 1.29 is 0 Å². The normalized spacial score (nSPS) is 15.1. The number of fused-ring (bicyclic) bond motifs is 2. The predicted octanol–water partition coefficient (Wildman–Crippen LogP) is 2.42. The number of aromatic nitrogens is 1. The fourth-order valence-electron chi connectivity index (χ4n) is 2.77. The van der Waals surface area contributed by atoms with Crippen LogP contribution in [0.5, 0.6) is 0 Å². The fourth-order valence-corrected chi connectivity index (χ4v) is 2.77. The van der Waals surface area contributed by atoms with E-state index in [0.29, 0.717) is 0 Å². The number of nitrogens with zero attached hydrogens (tertiary/aromatic N) is 1. The molecule has 2 nitrogen and oxygen atoms in total. The van der Waals surface area contributed by atoms with Gasteiger partial charge in [-0.3, -0.25) is 4.79 Å². The summed E-state index contributed by atoms with van der Waals surface area (Å²) in [6.07, 6.45) is 4.36. The van der Waals surface area contributed by atoms with Crippen molar-refractivity contribution >= 4 is 10.9 Å². The van der Waals surface area contributed by atoms with E-state index in [2.05, 4.69) is 11.6 Å². The average molecular weight is 213 g/mol. The van der Waals surface area contributed by atoms with E-state index in [0.717, 1.165) is 35.7 Å². The highest BCUT2D eigenvalue weighted by atomic mass is 16.1. The fraction of sp³-hybridized carbons (Fsp3) is 0.357. The molecule has 1 aromatic heterocycles. The standard InChI is InChI=1S/C14H15NO/c1-15-12-8-4-2-6-10(12)14(16)11-7-3-5-9-13(11)15/h2,4,6,8H,3,5,7,9H2,1H3. The highest BCUT2D eigenvalue weighted by molar-refractivity contribution is 5.80. The van der Waals surface area contributed by atoms with Gasteiger partial charge in [0.15, 0.2) is 5.43 Å². The maximum Gasteiger partial charge on any atom is 0.192 e. The number of hydrogen-bond donors (Lipinski definition) is 0. The molecule has 0 fully saturated rings. The van der Waals surface area contributed by atoms with Crippen LogP contribution in [-0.2, 0) is 19.9 Å². The molecule has 0 bridgehead atoms. The zero-order chi connectivity index (χ0) is 11.1. The molecule has 0 unspecified atom stereocenters. The lowest BCUT2D eigenvalue weighted by molar-refractivity contribution is 0.637. The summed E-state index contributed by atoms with van der Waals surface area (Å²) in [6, 6.07) is 7.91. The Morgan fingerprint density at radius 3 is 2.75 bits per heavy atom. The van der Waals surface area contributed by atoms with Crippen molar-refractivity contribution in [1.82, 2.24) is 4.57 Å². The zero-order valence-corrected chi connectivity index (χ0v) is 9.49. The van der Waals surface area contributed by atoms with Gasteiger partial charge in [-0.15, -0.1) is 0 Å². The molecule has 82 valence electrons. The van der Waals surface area contributed by atoms with E-state index in [-0.39, 0.29) is 5.43 Å². The van der Waals surface area contributed by atoms with Gasteiger partial charge in [-0.1, -0.05) is 12.1 Å². The van der Waals surface area contributed by atoms with Crippen LogP contribution in [0.1, 0.15) is 24.1 Å². The minimum Gasteiger partial charge on any atom is -0.347 e. The molecule has 0 aliphatic heterocycles. The molecule has 3 rings (SSSR count). The monoisotopic (exact) mass is 213 g/mol. The number of aryl methyl sites for hydroxylation is 1. The lowest BCUT2D eigenvalue weighted by atomic mass is 9.93. The first-order chi connectivity index (χ1) is 7.79. The van der Waals surface area contributed by atoms with Crippen molar-refractivity contribution in [3.8, 4) is 0 Å². The minimum absolute atomic E-state index is 0.253. The Balaban J connectivity index is 2.49. The van der Waals surface area contributed by atoms with E-state index < -0.39 is 0 Å². The summed E-state index contributed by atoms with van der Waals surface area (Å²) >= 11 is 0. The van der Waals surface area contributed by atoms with Gasteiger partial charge in [-0.25, -0.2) is 0 Å². The molecule has 1 aromatic carbocycles. The van der Waals surface area contributed by atoms with Crippen molar-refractivity contribution in [2.24, 2.45) is 7.05 Å². The highest BCUT2D eigenvalue weighted by Crippen LogP contribution is 2.22. The second kappa shape index (κ2) is 3.48. The third-order valence-corrected chi connectivity index (χ3v) is 3.63. The van der Waals surface area contributed by atoms with E-state index in [1.165, 1.54) is 12.1 Å². The molecular formula is C14H15NO. The van der Waals surface area contributed by atoms with Crippen LogP contribution in [0.4, 0.5) is 0 Å². The molecule has 0 atom stereocenters. The molecule has 0 amide bonds. The van der Waals surface area contributed by atoms with Gasteiger partial charge in [-0.2, -0.15) is 0 Å². The third-order valence-electron chi connectivity index (χ3n) is 3.63. The van der Waals surface area contributed by atoms with E-state index in [1.54, 1.807) is 0 Å². The molecule has 0 spiro atoms. The van der Waals surface area contributed by atoms with Crippen LogP contribution in [0.2, 0.25) is 0 Å². The number of para-hydroxylation sites is 1. The Morgan fingerprint density at radius 2 is 1.88 bits per heavy atom. The summed E-state index contributed by atoms with van der Waals surface area (Å²) in [5.41, 5.74) is 3.61. The van der Waals surface area contributed by atoms with Crippen LogP contribution in [0.25, 0.3) is 10.9 Å². The summed E-state index contributed by atoms with van der Waals surface area (Å²) in [5, 5.41) is 0.866. The van der Waals surface area contributed by atoms with Gasteiger partial charge in [0.1, 0.15) is 0 Å². The lowest BCUT2D eigenvalue weighted by Crippen LogP contribution is -2.22. The molecular weight excluding hydrogens is 198 g/mol. The summed E-state index contributed by atoms with van der Waals surface area (Å²) in [7, 11) is 2.08. The number of benzene rings is 1. The molecule has 1 aliphatic rings. The molecule has 1 aliphatic carbocycles. The van der Waals surface area contributed by atoms with Crippen molar-refractivity contribution in [2.45, 2.75) is 25.7 Å². The summed E-state index contributed by atoms with van der Waals surface area (Å²) in [5.74, 6) is 0. The zero-order valence-electron chi connectivity index (χ0n) is 9.49. The first kappa shape index (κ1) is 9.64. The number of pyridine rings is 1. The molecule has 0 N–H and O–H groups in total. The number of hydrogen-bond acceptors (Lipinski definition) is 1. The van der Waals surface area contributed by atoms with Crippen LogP contribution >= 0.6 is 0 Å². The smallest absolute Gasteiger partial charge is 0.192 e. The molecule has 0 radical (unpaired) electrons. The van der Waals surface area contributed by atoms with Gasteiger partial charge in [0.25, 0.3) is 0 Å². The second-order valence-corrected chi connectivity index (χ2v) is 4.54. The first-order valence-corrected chi connectivity index (χ1v) is 5.88. The van der Waals surface area contributed by atoms with Crippen molar-refractivity contribution in [3.05, 3.63) is 45.7 Å². The molecule has 0 saturated heterocycles. The van der Waals surface area contributed by atoms with Crippen molar-refractivity contribution in [3.63, 3.8) is 0 Å². The second-order valence-electron chi connectivity index (χ2n) is 4.54. The maximum absolute atomic E-state index is 12.3. The molecule has 2 aromatic rings. The molecule has 0 saturated carbocycles. The summed E-state index contributed by atoms with van der Waals surface area (Å²) in [6.45, 7) is 0. The molecule has 16 heavy (non-hydrogen) atoms. The van der Waals surface area contributed by atoms with Gasteiger partial charge in [0.05, 0.1) is 5.52 Å². The minimum atomic E-state index is 0.253. The Bertz CT molecular complexity index is 610. The largest absolute Gasteiger partial charge is 0.347 e. The van der Waals surface area contributed by atoms with Crippen LogP contribution < -0.4 is 5.43 Å². The quantitative estimate of drug-likeness (QED) is 0.658. The predicted molar refractivity (Wildman–Crippen MR) is 65.8 cm³/mol. The van der Waals surface area contributed by atoms with Gasteiger partial charge in [0, 0.05) is 23.7 Å². The average Bonchev–Trinajstić information content (AvgIpc) is 2.36. The summed E-state index contributed by atoms with van der Waals surface area (Å²) < 4.78 is 2.20. The Hall–Kier alpha value is -1.57. The molecule has 1 heterocycles. The van der Waals surface area contributed by atoms with Gasteiger partial charge >= 0.3 is 0 Å². The third kappa shape index (κ3) is 1.22. The Kier molecular flexibility index (Phi) is 2.10. The van der Waals surface area contributed by atoms with Gasteiger partial charge < -0.3 is 4.57 Å². The van der Waals surface area contributed by atoms with E-state index in [1.807, 2.05) is 24.3 Å². The topological polar surface area (TPSA) is 22.0 Å². The van der Waals surface area contributed by atoms with Crippen molar-refractivity contribution in [2.75, 3.05) is 0 Å². The van der Waals surface area contributed by atoms with E-state index in [9.17, 15) is 4.79 Å². The number of rotatable bonds is 0. The summed E-state index contributed by atoms with van der Waals surface area (Å²) in [4.78, 5) is 12.3. The maximum atomic E-state index is 12.3. The van der Waals surface area contributed by atoms with Crippen LogP contribution in [0.3, 0.4) is 0 Å². The lowest BCUT2D eigenvalue weighted by Gasteiger charge is -2.20. The SMILES string of the molecule is Cn1c2c(c(=O)c3ccccc31)CCCC2. The molecule has 2 heteroatoms. The van der Waals surface area contributed by atoms with Gasteiger partial charge in [0.2, 0.25) is 0 Å². The Labute approximate surface area is 94.5 Å².